The van der Waals surface area contributed by atoms with Gasteiger partial charge in [-0.2, -0.15) is 0 Å². The van der Waals surface area contributed by atoms with E-state index in [1.54, 1.807) is 11.8 Å². The summed E-state index contributed by atoms with van der Waals surface area (Å²) in [4.78, 5) is 12.8. The maximum absolute atomic E-state index is 13.9. The Morgan fingerprint density at radius 2 is 2.26 bits per heavy atom. The van der Waals surface area contributed by atoms with Gasteiger partial charge in [-0.3, -0.25) is 0 Å². The van der Waals surface area contributed by atoms with Crippen LogP contribution in [0.3, 0.4) is 0 Å². The number of aliphatic hydroxyl groups is 1. The summed E-state index contributed by atoms with van der Waals surface area (Å²) in [6, 6.07) is 3.97. The lowest BCUT2D eigenvalue weighted by Gasteiger charge is -2.38. The van der Waals surface area contributed by atoms with Crippen molar-refractivity contribution in [1.29, 1.82) is 0 Å². The summed E-state index contributed by atoms with van der Waals surface area (Å²) < 4.78 is 19.4. The molecule has 104 valence electrons. The van der Waals surface area contributed by atoms with Crippen LogP contribution in [0.5, 0.6) is 0 Å². The van der Waals surface area contributed by atoms with Gasteiger partial charge in [-0.05, 0) is 19.1 Å². The fourth-order valence-electron chi connectivity index (χ4n) is 2.34. The lowest BCUT2D eigenvalue weighted by molar-refractivity contribution is -0.0423. The van der Waals surface area contributed by atoms with Crippen LogP contribution in [-0.4, -0.2) is 48.1 Å². The SMILES string of the molecule is CC1CN(c2c(F)cccc2C(=O)O)CC(CO)O1. The number of ether oxygens (including phenoxy) is 1. The standard InChI is InChI=1S/C13H16FNO4/c1-8-5-15(6-9(7-16)19-8)12-10(13(17)18)3-2-4-11(12)14/h2-4,8-9,16H,5-7H2,1H3,(H,17,18). The molecule has 1 heterocycles. The second kappa shape index (κ2) is 5.54. The van der Waals surface area contributed by atoms with Gasteiger partial charge in [0.05, 0.1) is 30.1 Å². The summed E-state index contributed by atoms with van der Waals surface area (Å²) in [6.45, 7) is 2.27. The molecule has 0 saturated carbocycles. The van der Waals surface area contributed by atoms with Crippen LogP contribution in [0.4, 0.5) is 10.1 Å². The number of hydrogen-bond donors (Lipinski definition) is 2. The number of carboxylic acid groups (broad SMARTS) is 1. The Balaban J connectivity index is 2.37. The van der Waals surface area contributed by atoms with Crippen LogP contribution in [0, 0.1) is 5.82 Å². The van der Waals surface area contributed by atoms with Crippen molar-refractivity contribution in [1.82, 2.24) is 0 Å². The van der Waals surface area contributed by atoms with Gasteiger partial charge in [-0.1, -0.05) is 6.07 Å². The predicted molar refractivity (Wildman–Crippen MR) is 67.0 cm³/mol. The molecule has 6 heteroatoms. The highest BCUT2D eigenvalue weighted by atomic mass is 19.1. The van der Waals surface area contributed by atoms with Crippen molar-refractivity contribution >= 4 is 11.7 Å². The number of aliphatic hydroxyl groups excluding tert-OH is 1. The Bertz CT molecular complexity index is 480. The van der Waals surface area contributed by atoms with Crippen molar-refractivity contribution in [3.05, 3.63) is 29.6 Å². The van der Waals surface area contributed by atoms with Crippen molar-refractivity contribution in [3.63, 3.8) is 0 Å². The minimum Gasteiger partial charge on any atom is -0.478 e. The number of nitrogens with zero attached hydrogens (tertiary/aromatic N) is 1. The van der Waals surface area contributed by atoms with Crippen LogP contribution < -0.4 is 4.90 Å². The summed E-state index contributed by atoms with van der Waals surface area (Å²) in [6.07, 6.45) is -0.642. The van der Waals surface area contributed by atoms with E-state index < -0.39 is 17.9 Å². The van der Waals surface area contributed by atoms with E-state index in [-0.39, 0.29) is 30.5 Å². The molecule has 19 heavy (non-hydrogen) atoms. The lowest BCUT2D eigenvalue weighted by atomic mass is 10.1. The molecule has 2 rings (SSSR count). The molecule has 5 nitrogen and oxygen atoms in total. The van der Waals surface area contributed by atoms with Gasteiger partial charge in [0.2, 0.25) is 0 Å². The van der Waals surface area contributed by atoms with Gasteiger partial charge in [0.15, 0.2) is 0 Å². The monoisotopic (exact) mass is 269 g/mol. The largest absolute Gasteiger partial charge is 0.478 e. The fourth-order valence-corrected chi connectivity index (χ4v) is 2.34. The number of hydrogen-bond acceptors (Lipinski definition) is 4. The Morgan fingerprint density at radius 1 is 1.53 bits per heavy atom. The molecule has 1 aliphatic heterocycles. The van der Waals surface area contributed by atoms with E-state index in [2.05, 4.69) is 0 Å². The summed E-state index contributed by atoms with van der Waals surface area (Å²) in [5.74, 6) is -1.75. The zero-order valence-electron chi connectivity index (χ0n) is 10.5. The van der Waals surface area contributed by atoms with Crippen LogP contribution in [0.2, 0.25) is 0 Å². The maximum atomic E-state index is 13.9. The average Bonchev–Trinajstić information content (AvgIpc) is 2.37. The second-order valence-corrected chi connectivity index (χ2v) is 4.60. The summed E-state index contributed by atoms with van der Waals surface area (Å²) in [5.41, 5.74) is -0.0191. The number of aromatic carboxylic acids is 1. The third-order valence-electron chi connectivity index (χ3n) is 3.06. The van der Waals surface area contributed by atoms with E-state index in [9.17, 15) is 9.18 Å². The average molecular weight is 269 g/mol. The molecule has 1 aromatic rings. The predicted octanol–water partition coefficient (Wildman–Crippen LogP) is 1.11. The summed E-state index contributed by atoms with van der Waals surface area (Å²) in [5, 5.41) is 18.3. The molecule has 2 unspecified atom stereocenters. The quantitative estimate of drug-likeness (QED) is 0.860. The number of anilines is 1. The molecular formula is C13H16FNO4. The first kappa shape index (κ1) is 13.8. The topological polar surface area (TPSA) is 70.0 Å². The highest BCUT2D eigenvalue weighted by Crippen LogP contribution is 2.27. The van der Waals surface area contributed by atoms with E-state index in [0.717, 1.165) is 0 Å². The zero-order valence-corrected chi connectivity index (χ0v) is 10.5. The summed E-state index contributed by atoms with van der Waals surface area (Å²) in [7, 11) is 0. The maximum Gasteiger partial charge on any atom is 0.337 e. The van der Waals surface area contributed by atoms with Crippen LogP contribution in [-0.2, 0) is 4.74 Å². The van der Waals surface area contributed by atoms with E-state index >= 15 is 0 Å². The van der Waals surface area contributed by atoms with Gasteiger partial charge >= 0.3 is 5.97 Å². The molecule has 0 bridgehead atoms. The number of rotatable bonds is 3. The third kappa shape index (κ3) is 2.85. The van der Waals surface area contributed by atoms with Crippen molar-refractivity contribution < 1.29 is 24.1 Å². The Hall–Kier alpha value is -1.66. The molecule has 2 atom stereocenters. The molecule has 2 N–H and O–H groups in total. The molecule has 1 aliphatic rings. The van der Waals surface area contributed by atoms with Crippen LogP contribution >= 0.6 is 0 Å². The number of carbonyl (C=O) groups is 1. The molecule has 0 aliphatic carbocycles. The van der Waals surface area contributed by atoms with Gasteiger partial charge in [0.25, 0.3) is 0 Å². The summed E-state index contributed by atoms with van der Waals surface area (Å²) >= 11 is 0. The molecule has 0 spiro atoms. The highest BCUT2D eigenvalue weighted by molar-refractivity contribution is 5.94. The van der Waals surface area contributed by atoms with E-state index in [1.165, 1.54) is 18.2 Å². The molecule has 0 amide bonds. The van der Waals surface area contributed by atoms with E-state index in [4.69, 9.17) is 14.9 Å². The van der Waals surface area contributed by atoms with E-state index in [1.807, 2.05) is 0 Å². The van der Waals surface area contributed by atoms with Crippen molar-refractivity contribution in [3.8, 4) is 0 Å². The number of para-hydroxylation sites is 1. The molecule has 0 radical (unpaired) electrons. The Morgan fingerprint density at radius 3 is 2.89 bits per heavy atom. The lowest BCUT2D eigenvalue weighted by Crippen LogP contribution is -2.48. The highest BCUT2D eigenvalue weighted by Gasteiger charge is 2.29. The van der Waals surface area contributed by atoms with Crippen molar-refractivity contribution in [2.75, 3.05) is 24.6 Å². The molecular weight excluding hydrogens is 253 g/mol. The van der Waals surface area contributed by atoms with E-state index in [0.29, 0.717) is 6.54 Å². The smallest absolute Gasteiger partial charge is 0.337 e. The number of carboxylic acids is 1. The number of morpholine rings is 1. The zero-order chi connectivity index (χ0) is 14.0. The molecule has 1 aromatic carbocycles. The van der Waals surface area contributed by atoms with Crippen LogP contribution in [0.15, 0.2) is 18.2 Å². The van der Waals surface area contributed by atoms with Crippen molar-refractivity contribution in [2.24, 2.45) is 0 Å². The first-order valence-electron chi connectivity index (χ1n) is 6.06. The minimum atomic E-state index is -1.17. The minimum absolute atomic E-state index is 0.0589. The first-order chi connectivity index (χ1) is 9.02. The third-order valence-corrected chi connectivity index (χ3v) is 3.06. The molecule has 0 aromatic heterocycles. The van der Waals surface area contributed by atoms with Gasteiger partial charge in [-0.15, -0.1) is 0 Å². The van der Waals surface area contributed by atoms with Gasteiger partial charge in [0.1, 0.15) is 5.82 Å². The van der Waals surface area contributed by atoms with Gasteiger partial charge < -0.3 is 19.8 Å². The molecule has 1 saturated heterocycles. The normalized spacial score (nSPS) is 23.4. The molecule has 1 fully saturated rings. The van der Waals surface area contributed by atoms with Gasteiger partial charge in [-0.25, -0.2) is 9.18 Å². The van der Waals surface area contributed by atoms with Crippen LogP contribution in [0.25, 0.3) is 0 Å². The second-order valence-electron chi connectivity index (χ2n) is 4.60. The van der Waals surface area contributed by atoms with Crippen LogP contribution in [0.1, 0.15) is 17.3 Å². The Kier molecular flexibility index (Phi) is 4.01. The fraction of sp³-hybridized carbons (Fsp3) is 0.462. The number of benzene rings is 1. The first-order valence-corrected chi connectivity index (χ1v) is 6.06. The van der Waals surface area contributed by atoms with Crippen molar-refractivity contribution in [2.45, 2.75) is 19.1 Å². The number of halogens is 1. The Labute approximate surface area is 110 Å². The van der Waals surface area contributed by atoms with Gasteiger partial charge in [0, 0.05) is 13.1 Å².